The van der Waals surface area contributed by atoms with E-state index in [1.165, 1.54) is 17.2 Å². The molecular formula is C34H35F3N5O5+. The summed E-state index contributed by atoms with van der Waals surface area (Å²) >= 11 is 0. The minimum Gasteiger partial charge on any atom is -0.490 e. The Morgan fingerprint density at radius 3 is 2.40 bits per heavy atom. The van der Waals surface area contributed by atoms with Crippen LogP contribution in [0.3, 0.4) is 0 Å². The monoisotopic (exact) mass is 650 g/mol. The predicted molar refractivity (Wildman–Crippen MR) is 164 cm³/mol. The molecule has 0 radical (unpaired) electrons. The minimum atomic E-state index is -4.52. The molecule has 0 unspecified atom stereocenters. The zero-order chi connectivity index (χ0) is 33.1. The van der Waals surface area contributed by atoms with Crippen molar-refractivity contribution in [2.45, 2.75) is 62.6 Å². The molecule has 47 heavy (non-hydrogen) atoms. The lowest BCUT2D eigenvalue weighted by Crippen LogP contribution is -2.56. The Balaban J connectivity index is 1.13. The Labute approximate surface area is 269 Å². The van der Waals surface area contributed by atoms with Crippen LogP contribution in [0.5, 0.6) is 5.75 Å². The van der Waals surface area contributed by atoms with Gasteiger partial charge in [0.25, 0.3) is 11.8 Å². The number of alkyl halides is 3. The lowest BCUT2D eigenvalue weighted by molar-refractivity contribution is -0.222. The van der Waals surface area contributed by atoms with E-state index >= 15 is 0 Å². The molecule has 3 amide bonds. The summed E-state index contributed by atoms with van der Waals surface area (Å²) in [6.07, 6.45) is -2.46. The summed E-state index contributed by atoms with van der Waals surface area (Å²) in [6.45, 7) is 0.522. The van der Waals surface area contributed by atoms with Gasteiger partial charge in [-0.05, 0) is 84.4 Å². The number of halogens is 3. The van der Waals surface area contributed by atoms with Crippen molar-refractivity contribution in [3.63, 3.8) is 0 Å². The average Bonchev–Trinajstić information content (AvgIpc) is 3.46. The highest BCUT2D eigenvalue weighted by atomic mass is 19.4. The molecule has 3 atom stereocenters. The maximum atomic E-state index is 14.0. The van der Waals surface area contributed by atoms with Gasteiger partial charge in [0.15, 0.2) is 0 Å². The quantitative estimate of drug-likeness (QED) is 0.321. The number of benzene rings is 3. The Morgan fingerprint density at radius 1 is 1.00 bits per heavy atom. The maximum Gasteiger partial charge on any atom is 0.416 e. The van der Waals surface area contributed by atoms with Crippen LogP contribution in [0.15, 0.2) is 71.8 Å². The van der Waals surface area contributed by atoms with E-state index in [1.807, 2.05) is 12.1 Å². The Bertz CT molecular complexity index is 1640. The van der Waals surface area contributed by atoms with Crippen molar-refractivity contribution in [3.05, 3.63) is 94.5 Å². The van der Waals surface area contributed by atoms with Crippen molar-refractivity contribution >= 4 is 23.4 Å². The SMILES string of the molecule is [NH2+]=NCCN1C(=O)c2cc(NC(=O)c3ccc(C(F)(F)F)cc3)ccc2OC[C@@H]2O[C@H](CC(=O)NC3Cc4ccccc4C3)CC[C@@H]21. The smallest absolute Gasteiger partial charge is 0.416 e. The van der Waals surface area contributed by atoms with Gasteiger partial charge in [-0.3, -0.25) is 14.4 Å². The summed E-state index contributed by atoms with van der Waals surface area (Å²) in [7, 11) is 0. The number of rotatable bonds is 8. The molecule has 10 nitrogen and oxygen atoms in total. The summed E-state index contributed by atoms with van der Waals surface area (Å²) in [6, 6.07) is 16.3. The number of nitrogens with zero attached hydrogens (tertiary/aromatic N) is 2. The van der Waals surface area contributed by atoms with E-state index in [9.17, 15) is 27.6 Å². The first-order valence-corrected chi connectivity index (χ1v) is 15.5. The zero-order valence-electron chi connectivity index (χ0n) is 25.5. The van der Waals surface area contributed by atoms with Gasteiger partial charge >= 0.3 is 6.18 Å². The van der Waals surface area contributed by atoms with Crippen LogP contribution in [-0.4, -0.2) is 66.6 Å². The number of hydrogen-bond donors (Lipinski definition) is 3. The van der Waals surface area contributed by atoms with Crippen molar-refractivity contribution < 1.29 is 42.6 Å². The van der Waals surface area contributed by atoms with E-state index in [4.69, 9.17) is 15.0 Å². The highest BCUT2D eigenvalue weighted by molar-refractivity contribution is 6.05. The van der Waals surface area contributed by atoms with Gasteiger partial charge in [0.1, 0.15) is 25.0 Å². The molecule has 13 heteroatoms. The van der Waals surface area contributed by atoms with Crippen LogP contribution < -0.4 is 20.9 Å². The highest BCUT2D eigenvalue weighted by Gasteiger charge is 2.41. The lowest BCUT2D eigenvalue weighted by atomic mass is 9.94. The fourth-order valence-electron chi connectivity index (χ4n) is 6.58. The third kappa shape index (κ3) is 7.30. The molecule has 1 saturated heterocycles. The molecule has 3 aromatic carbocycles. The number of nitrogens with one attached hydrogen (secondary N) is 2. The third-order valence-corrected chi connectivity index (χ3v) is 8.89. The number of amides is 3. The van der Waals surface area contributed by atoms with Crippen molar-refractivity contribution in [2.24, 2.45) is 5.11 Å². The molecule has 6 rings (SSSR count). The van der Waals surface area contributed by atoms with E-state index in [1.54, 1.807) is 17.0 Å². The van der Waals surface area contributed by atoms with Gasteiger partial charge in [-0.1, -0.05) is 24.3 Å². The number of anilines is 1. The van der Waals surface area contributed by atoms with Gasteiger partial charge < -0.3 is 25.0 Å². The van der Waals surface area contributed by atoms with Crippen molar-refractivity contribution in [1.82, 2.24) is 10.2 Å². The minimum absolute atomic E-state index is 0.0253. The van der Waals surface area contributed by atoms with Crippen LogP contribution in [0.4, 0.5) is 18.9 Å². The second-order valence-corrected chi connectivity index (χ2v) is 12.0. The Kier molecular flexibility index (Phi) is 9.26. The molecule has 0 spiro atoms. The zero-order valence-corrected chi connectivity index (χ0v) is 25.5. The summed E-state index contributed by atoms with van der Waals surface area (Å²) in [4.78, 5) is 41.4. The first-order chi connectivity index (χ1) is 22.6. The fourth-order valence-corrected chi connectivity index (χ4v) is 6.58. The van der Waals surface area contributed by atoms with Crippen LogP contribution in [-0.2, 0) is 28.5 Å². The first kappa shape index (κ1) is 32.2. The molecule has 4 N–H and O–H groups in total. The van der Waals surface area contributed by atoms with Crippen LogP contribution in [0.1, 0.15) is 56.7 Å². The van der Waals surface area contributed by atoms with Crippen LogP contribution in [0, 0.1) is 0 Å². The molecule has 2 heterocycles. The predicted octanol–water partition coefficient (Wildman–Crippen LogP) is 3.59. The number of carbonyl (C=O) groups is 3. The van der Waals surface area contributed by atoms with Crippen LogP contribution in [0.25, 0.3) is 0 Å². The van der Waals surface area contributed by atoms with Crippen molar-refractivity contribution in [3.8, 4) is 5.75 Å². The van der Waals surface area contributed by atoms with E-state index in [0.717, 1.165) is 37.1 Å². The summed E-state index contributed by atoms with van der Waals surface area (Å²) in [5.41, 5.74) is 7.57. The number of fused-ring (bicyclic) bond motifs is 3. The molecule has 1 aliphatic carbocycles. The largest absolute Gasteiger partial charge is 0.490 e. The maximum absolute atomic E-state index is 14.0. The summed E-state index contributed by atoms with van der Waals surface area (Å²) in [5.74, 6) is -0.807. The van der Waals surface area contributed by atoms with E-state index < -0.39 is 23.8 Å². The first-order valence-electron chi connectivity index (χ1n) is 15.5. The number of nitrogens with two attached hydrogens (primary N) is 1. The molecule has 1 fully saturated rings. The van der Waals surface area contributed by atoms with Crippen LogP contribution >= 0.6 is 0 Å². The lowest BCUT2D eigenvalue weighted by Gasteiger charge is -2.43. The third-order valence-electron chi connectivity index (χ3n) is 8.89. The summed E-state index contributed by atoms with van der Waals surface area (Å²) < 4.78 is 51.2. The molecule has 0 saturated carbocycles. The molecule has 0 aromatic heterocycles. The van der Waals surface area contributed by atoms with Gasteiger partial charge in [-0.2, -0.15) is 18.7 Å². The standard InChI is InChI=1S/C34H34F3N5O5/c35-34(36,37)23-7-5-20(6-8-23)32(44)41-24-9-12-29-27(17-24)33(45)42(14-13-39-38)28-11-10-26(47-30(28)19-46-29)18-31(43)40-25-15-21-3-1-2-4-22(21)16-25/h1-9,12,17,25-26,28,30,38H,10-11,13-16,18-19H2,(H,40,43)(H,41,44)/p+1/t26-,28-,30-/m0/s1. The molecule has 0 bridgehead atoms. The van der Waals surface area contributed by atoms with Gasteiger partial charge in [-0.15, -0.1) is 0 Å². The average molecular weight is 651 g/mol. The molecule has 2 aliphatic heterocycles. The van der Waals surface area contributed by atoms with Gasteiger partial charge in [0.2, 0.25) is 5.91 Å². The van der Waals surface area contributed by atoms with Crippen molar-refractivity contribution in [2.75, 3.05) is 25.0 Å². The van der Waals surface area contributed by atoms with E-state index in [2.05, 4.69) is 27.9 Å². The second-order valence-electron chi connectivity index (χ2n) is 12.0. The topological polar surface area (TPSA) is 135 Å². The van der Waals surface area contributed by atoms with E-state index in [0.29, 0.717) is 12.8 Å². The normalized spacial score (nSPS) is 21.0. The molecule has 246 valence electrons. The van der Waals surface area contributed by atoms with Gasteiger partial charge in [-0.25, -0.2) is 0 Å². The number of carbonyl (C=O) groups excluding carboxylic acids is 3. The molecule has 3 aromatic rings. The Morgan fingerprint density at radius 2 is 1.72 bits per heavy atom. The molecular weight excluding hydrogens is 615 g/mol. The van der Waals surface area contributed by atoms with E-state index in [-0.39, 0.29) is 78.7 Å². The van der Waals surface area contributed by atoms with Crippen LogP contribution in [0.2, 0.25) is 0 Å². The molecule has 3 aliphatic rings. The van der Waals surface area contributed by atoms with Gasteiger partial charge in [0, 0.05) is 23.8 Å². The van der Waals surface area contributed by atoms with Crippen molar-refractivity contribution in [1.29, 1.82) is 0 Å². The number of ether oxygens (including phenoxy) is 2. The second kappa shape index (κ2) is 13.5. The highest BCUT2D eigenvalue weighted by Crippen LogP contribution is 2.34. The fraction of sp³-hybridized carbons (Fsp3) is 0.382. The van der Waals surface area contributed by atoms with Gasteiger partial charge in [0.05, 0.1) is 29.7 Å². The number of hydrogen-bond acceptors (Lipinski definition) is 6. The summed E-state index contributed by atoms with van der Waals surface area (Å²) in [5, 5.41) is 9.49. The Hall–Kier alpha value is -4.78.